The lowest BCUT2D eigenvalue weighted by Gasteiger charge is -2.50. The fourth-order valence-electron chi connectivity index (χ4n) is 4.65. The minimum atomic E-state index is -0.686. The Balaban J connectivity index is 1.21. The molecule has 5 heterocycles. The third kappa shape index (κ3) is 4.38. The van der Waals surface area contributed by atoms with E-state index >= 15 is 0 Å². The van der Waals surface area contributed by atoms with Crippen molar-refractivity contribution < 1.29 is 19.5 Å². The first-order chi connectivity index (χ1) is 16.5. The Morgan fingerprint density at radius 1 is 1.26 bits per heavy atom. The summed E-state index contributed by atoms with van der Waals surface area (Å²) in [4.78, 5) is 48.9. The maximum atomic E-state index is 12.7. The van der Waals surface area contributed by atoms with E-state index in [9.17, 15) is 14.4 Å². The van der Waals surface area contributed by atoms with Crippen molar-refractivity contribution in [2.24, 2.45) is 5.41 Å². The number of aliphatic hydroxyl groups excluding tert-OH is 1. The molecule has 176 valence electrons. The van der Waals surface area contributed by atoms with Gasteiger partial charge in [-0.2, -0.15) is 0 Å². The highest BCUT2D eigenvalue weighted by atomic mass is 32.1. The number of carbonyl (C=O) groups is 3. The molecule has 3 amide bonds. The van der Waals surface area contributed by atoms with Crippen LogP contribution in [0.5, 0.6) is 0 Å². The highest BCUT2D eigenvalue weighted by Gasteiger charge is 2.53. The van der Waals surface area contributed by atoms with E-state index < -0.39 is 12.0 Å². The number of amides is 3. The van der Waals surface area contributed by atoms with Gasteiger partial charge >= 0.3 is 0 Å². The second kappa shape index (κ2) is 9.11. The van der Waals surface area contributed by atoms with E-state index in [-0.39, 0.29) is 30.8 Å². The Labute approximate surface area is 200 Å². The normalized spacial score (nSPS) is 19.0. The van der Waals surface area contributed by atoms with Crippen molar-refractivity contribution in [2.75, 3.05) is 38.1 Å². The van der Waals surface area contributed by atoms with Crippen LogP contribution < -0.4 is 5.32 Å². The van der Waals surface area contributed by atoms with E-state index in [1.54, 1.807) is 29.7 Å². The van der Waals surface area contributed by atoms with Crippen molar-refractivity contribution in [1.29, 1.82) is 0 Å². The molecule has 3 aliphatic rings. The molecule has 0 saturated carbocycles. The molecular weight excluding hydrogens is 454 g/mol. The molecule has 0 aromatic carbocycles. The van der Waals surface area contributed by atoms with Crippen molar-refractivity contribution >= 4 is 41.0 Å². The second-order valence-corrected chi connectivity index (χ2v) is 9.91. The number of fused-ring (bicyclic) bond motifs is 1. The third-order valence-corrected chi connectivity index (χ3v) is 7.38. The van der Waals surface area contributed by atoms with Gasteiger partial charge in [0.05, 0.1) is 10.4 Å². The van der Waals surface area contributed by atoms with Gasteiger partial charge in [-0.3, -0.25) is 14.4 Å². The van der Waals surface area contributed by atoms with Crippen LogP contribution in [0.2, 0.25) is 0 Å². The van der Waals surface area contributed by atoms with Crippen LogP contribution in [0.25, 0.3) is 6.08 Å². The van der Waals surface area contributed by atoms with E-state index in [0.717, 1.165) is 29.0 Å². The monoisotopic (exact) mass is 479 g/mol. The minimum absolute atomic E-state index is 0.0517. The average Bonchev–Trinajstić information content (AvgIpc) is 3.33. The van der Waals surface area contributed by atoms with Gasteiger partial charge in [0.1, 0.15) is 12.4 Å². The number of nitrogens with one attached hydrogen (secondary N) is 1. The van der Waals surface area contributed by atoms with Crippen LogP contribution in [0, 0.1) is 5.41 Å². The van der Waals surface area contributed by atoms with Gasteiger partial charge in [0, 0.05) is 56.4 Å². The minimum Gasteiger partial charge on any atom is -0.387 e. The van der Waals surface area contributed by atoms with Crippen molar-refractivity contribution in [3.63, 3.8) is 0 Å². The largest absolute Gasteiger partial charge is 0.387 e. The highest BCUT2D eigenvalue weighted by molar-refractivity contribution is 7.09. The zero-order chi connectivity index (χ0) is 23.7. The van der Waals surface area contributed by atoms with Gasteiger partial charge in [0.2, 0.25) is 17.7 Å². The van der Waals surface area contributed by atoms with Gasteiger partial charge in [0.25, 0.3) is 0 Å². The Kier molecular flexibility index (Phi) is 6.01. The number of aliphatic hydroxyl groups is 1. The maximum absolute atomic E-state index is 12.7. The van der Waals surface area contributed by atoms with E-state index in [1.165, 1.54) is 10.5 Å². The summed E-state index contributed by atoms with van der Waals surface area (Å²) < 4.78 is 0. The quantitative estimate of drug-likeness (QED) is 0.493. The Bertz CT molecular complexity index is 1180. The predicted octanol–water partition coefficient (Wildman–Crippen LogP) is 1.27. The van der Waals surface area contributed by atoms with Gasteiger partial charge in [0.15, 0.2) is 0 Å². The second-order valence-electron chi connectivity index (χ2n) is 8.93. The third-order valence-electron chi connectivity index (χ3n) is 6.60. The number of rotatable bonds is 5. The molecule has 34 heavy (non-hydrogen) atoms. The molecule has 2 aromatic rings. The summed E-state index contributed by atoms with van der Waals surface area (Å²) in [5, 5.41) is 14.9. The summed E-state index contributed by atoms with van der Waals surface area (Å²) >= 11 is 1.65. The molecule has 0 aliphatic carbocycles. The molecule has 3 aliphatic heterocycles. The molecule has 0 unspecified atom stereocenters. The van der Waals surface area contributed by atoms with Crippen LogP contribution in [0.15, 0.2) is 41.6 Å². The Hall–Kier alpha value is -3.37. The molecule has 10 heteroatoms. The number of carbonyl (C=O) groups excluding carboxylic acids is 3. The standard InChI is InChI=1S/C24H25N5O4S/c30-13-21(32)29-14-24(15-29)11-18-9-17(12-26-22(18)27-23(24)33)1-2-20(31)28-6-3-16(4-7-28)10-19-25-5-8-34-19/h1-3,5,8-9,12,30H,4,6-7,10-11,13-15H2,(H,26,27,33)/b2-1+. The fourth-order valence-corrected chi connectivity index (χ4v) is 5.32. The summed E-state index contributed by atoms with van der Waals surface area (Å²) in [6.07, 6.45) is 11.0. The molecule has 0 radical (unpaired) electrons. The highest BCUT2D eigenvalue weighted by Crippen LogP contribution is 2.40. The first kappa shape index (κ1) is 22.4. The lowest BCUT2D eigenvalue weighted by molar-refractivity contribution is -0.153. The molecule has 1 spiro atoms. The van der Waals surface area contributed by atoms with Crippen LogP contribution in [-0.2, 0) is 27.2 Å². The van der Waals surface area contributed by atoms with Gasteiger partial charge in [-0.15, -0.1) is 11.3 Å². The topological polar surface area (TPSA) is 116 Å². The number of hydrogen-bond donors (Lipinski definition) is 2. The molecule has 1 fully saturated rings. The summed E-state index contributed by atoms with van der Waals surface area (Å²) in [5.41, 5.74) is 2.28. The first-order valence-electron chi connectivity index (χ1n) is 11.2. The first-order valence-corrected chi connectivity index (χ1v) is 12.1. The summed E-state index contributed by atoms with van der Waals surface area (Å²) in [6.45, 7) is 1.27. The fraction of sp³-hybridized carbons (Fsp3) is 0.375. The number of nitrogens with zero attached hydrogens (tertiary/aromatic N) is 4. The van der Waals surface area contributed by atoms with E-state index in [4.69, 9.17) is 5.11 Å². The van der Waals surface area contributed by atoms with Crippen LogP contribution in [0.1, 0.15) is 22.6 Å². The van der Waals surface area contributed by atoms with Gasteiger partial charge in [-0.25, -0.2) is 9.97 Å². The van der Waals surface area contributed by atoms with Crippen LogP contribution in [-0.4, -0.2) is 75.4 Å². The molecule has 1 saturated heterocycles. The van der Waals surface area contributed by atoms with Crippen LogP contribution >= 0.6 is 11.3 Å². The van der Waals surface area contributed by atoms with Crippen molar-refractivity contribution in [3.8, 4) is 0 Å². The van der Waals surface area contributed by atoms with Crippen molar-refractivity contribution in [3.05, 3.63) is 57.7 Å². The van der Waals surface area contributed by atoms with E-state index in [2.05, 4.69) is 21.4 Å². The molecular formula is C24H25N5O4S. The van der Waals surface area contributed by atoms with Crippen molar-refractivity contribution in [1.82, 2.24) is 19.8 Å². The molecule has 0 atom stereocenters. The average molecular weight is 480 g/mol. The summed E-state index contributed by atoms with van der Waals surface area (Å²) in [7, 11) is 0. The van der Waals surface area contributed by atoms with Gasteiger partial charge in [-0.1, -0.05) is 11.6 Å². The number of hydrogen-bond acceptors (Lipinski definition) is 7. The predicted molar refractivity (Wildman–Crippen MR) is 127 cm³/mol. The lowest BCUT2D eigenvalue weighted by atomic mass is 9.72. The molecule has 0 bridgehead atoms. The van der Waals surface area contributed by atoms with E-state index in [1.807, 2.05) is 22.5 Å². The lowest BCUT2D eigenvalue weighted by Crippen LogP contribution is -2.66. The Morgan fingerprint density at radius 2 is 2.12 bits per heavy atom. The number of aromatic nitrogens is 2. The van der Waals surface area contributed by atoms with Gasteiger partial charge in [-0.05, 0) is 36.1 Å². The number of anilines is 1. The van der Waals surface area contributed by atoms with Crippen molar-refractivity contribution in [2.45, 2.75) is 19.3 Å². The molecule has 5 rings (SSSR count). The summed E-state index contributed by atoms with van der Waals surface area (Å²) in [6, 6.07) is 1.92. The zero-order valence-corrected chi connectivity index (χ0v) is 19.4. The van der Waals surface area contributed by atoms with Gasteiger partial charge < -0.3 is 20.2 Å². The van der Waals surface area contributed by atoms with E-state index in [0.29, 0.717) is 25.3 Å². The summed E-state index contributed by atoms with van der Waals surface area (Å²) in [5.74, 6) is -0.0649. The number of likely N-dealkylation sites (tertiary alicyclic amines) is 1. The Morgan fingerprint density at radius 3 is 2.82 bits per heavy atom. The van der Waals surface area contributed by atoms with Crippen LogP contribution in [0.3, 0.4) is 0 Å². The number of pyridine rings is 1. The molecule has 2 N–H and O–H groups in total. The SMILES string of the molecule is O=C(/C=C/c1cnc2c(c1)CC1(CN(C(=O)CO)C1)C(=O)N2)N1CC=C(Cc2nccs2)CC1. The molecule has 2 aromatic heterocycles. The zero-order valence-electron chi connectivity index (χ0n) is 18.6. The number of thiazole rings is 1. The molecule has 9 nitrogen and oxygen atoms in total. The smallest absolute Gasteiger partial charge is 0.248 e. The maximum Gasteiger partial charge on any atom is 0.248 e. The van der Waals surface area contributed by atoms with Crippen LogP contribution in [0.4, 0.5) is 5.82 Å².